The third-order valence-electron chi connectivity index (χ3n) is 3.82. The lowest BCUT2D eigenvalue weighted by molar-refractivity contribution is 0.226. The van der Waals surface area contributed by atoms with Gasteiger partial charge in [-0.2, -0.15) is 0 Å². The van der Waals surface area contributed by atoms with Gasteiger partial charge in [-0.1, -0.05) is 48.8 Å². The molecule has 1 saturated heterocycles. The van der Waals surface area contributed by atoms with E-state index in [9.17, 15) is 0 Å². The van der Waals surface area contributed by atoms with Crippen molar-refractivity contribution in [1.82, 2.24) is 4.90 Å². The van der Waals surface area contributed by atoms with Crippen LogP contribution < -0.4 is 0 Å². The van der Waals surface area contributed by atoms with Crippen LogP contribution in [0.4, 0.5) is 0 Å². The molecule has 0 amide bonds. The largest absolute Gasteiger partial charge is 0.299 e. The van der Waals surface area contributed by atoms with Gasteiger partial charge in [0.25, 0.3) is 0 Å². The molecule has 17 heavy (non-hydrogen) atoms. The zero-order valence-corrected chi connectivity index (χ0v) is 12.6. The number of hydrogen-bond donors (Lipinski definition) is 0. The van der Waals surface area contributed by atoms with Gasteiger partial charge in [-0.25, -0.2) is 0 Å². The van der Waals surface area contributed by atoms with Gasteiger partial charge in [-0.05, 0) is 42.0 Å². The third kappa shape index (κ3) is 3.56. The predicted octanol–water partition coefficient (Wildman–Crippen LogP) is 4.32. The Morgan fingerprint density at radius 3 is 2.41 bits per heavy atom. The average molecular weight is 296 g/mol. The molecule has 1 nitrogen and oxygen atoms in total. The molecule has 0 N–H and O–H groups in total. The quantitative estimate of drug-likeness (QED) is 0.785. The number of rotatable bonds is 2. The molecule has 1 aliphatic heterocycles. The first-order valence-corrected chi connectivity index (χ1v) is 7.21. The molecule has 1 unspecified atom stereocenters. The molecule has 0 radical (unpaired) electrons. The number of benzene rings is 1. The number of hydrogen-bond acceptors (Lipinski definition) is 1. The van der Waals surface area contributed by atoms with Gasteiger partial charge in [0.1, 0.15) is 0 Å². The molecule has 1 aromatic rings. The van der Waals surface area contributed by atoms with Crippen LogP contribution in [-0.4, -0.2) is 18.0 Å². The van der Waals surface area contributed by atoms with Crippen LogP contribution in [0.1, 0.15) is 32.8 Å². The Kier molecular flexibility index (Phi) is 3.94. The lowest BCUT2D eigenvalue weighted by Crippen LogP contribution is -2.25. The van der Waals surface area contributed by atoms with Gasteiger partial charge < -0.3 is 0 Å². The summed E-state index contributed by atoms with van der Waals surface area (Å²) in [7, 11) is 0. The summed E-state index contributed by atoms with van der Waals surface area (Å²) in [6, 6.07) is 8.70. The summed E-state index contributed by atoms with van der Waals surface area (Å²) in [4.78, 5) is 2.58. The Morgan fingerprint density at radius 1 is 1.24 bits per heavy atom. The highest BCUT2D eigenvalue weighted by Crippen LogP contribution is 2.34. The number of likely N-dealkylation sites (tertiary alicyclic amines) is 1. The van der Waals surface area contributed by atoms with Gasteiger partial charge in [0.15, 0.2) is 0 Å². The van der Waals surface area contributed by atoms with E-state index in [-0.39, 0.29) is 0 Å². The van der Waals surface area contributed by atoms with Gasteiger partial charge in [0.2, 0.25) is 0 Å². The lowest BCUT2D eigenvalue weighted by Gasteiger charge is -2.27. The van der Waals surface area contributed by atoms with E-state index in [0.717, 1.165) is 16.9 Å². The van der Waals surface area contributed by atoms with E-state index in [1.807, 2.05) is 0 Å². The van der Waals surface area contributed by atoms with Crippen LogP contribution in [0.2, 0.25) is 0 Å². The minimum absolute atomic E-state index is 0.453. The van der Waals surface area contributed by atoms with E-state index in [1.165, 1.54) is 25.1 Å². The molecule has 2 rings (SSSR count). The van der Waals surface area contributed by atoms with E-state index in [4.69, 9.17) is 0 Å². The molecular weight excluding hydrogens is 274 g/mol. The minimum atomic E-state index is 0.453. The summed E-state index contributed by atoms with van der Waals surface area (Å²) in [6.07, 6.45) is 1.35. The lowest BCUT2D eigenvalue weighted by atomic mass is 9.80. The summed E-state index contributed by atoms with van der Waals surface area (Å²) in [5.74, 6) is 0.845. The Balaban J connectivity index is 1.92. The maximum absolute atomic E-state index is 3.48. The van der Waals surface area contributed by atoms with Crippen LogP contribution in [-0.2, 0) is 6.54 Å². The van der Waals surface area contributed by atoms with Crippen molar-refractivity contribution in [2.75, 3.05) is 13.1 Å². The Labute approximate surface area is 113 Å². The van der Waals surface area contributed by atoms with Crippen LogP contribution in [0.3, 0.4) is 0 Å². The first kappa shape index (κ1) is 13.1. The van der Waals surface area contributed by atoms with Crippen molar-refractivity contribution in [2.45, 2.75) is 33.7 Å². The van der Waals surface area contributed by atoms with Crippen molar-refractivity contribution in [3.8, 4) is 0 Å². The van der Waals surface area contributed by atoms with E-state index < -0.39 is 0 Å². The standard InChI is InChI=1S/C15H22BrN/c1-15(2,3)13-8-9-17(11-13)10-12-4-6-14(16)7-5-12/h4-7,13H,8-11H2,1-3H3. The van der Waals surface area contributed by atoms with Gasteiger partial charge in [-0.3, -0.25) is 4.90 Å². The van der Waals surface area contributed by atoms with Gasteiger partial charge in [0, 0.05) is 17.6 Å². The van der Waals surface area contributed by atoms with Crippen LogP contribution in [0, 0.1) is 11.3 Å². The molecule has 0 aliphatic carbocycles. The number of halogens is 1. The highest BCUT2D eigenvalue weighted by Gasteiger charge is 2.31. The summed E-state index contributed by atoms with van der Waals surface area (Å²) in [5.41, 5.74) is 1.87. The molecule has 1 atom stereocenters. The fourth-order valence-corrected chi connectivity index (χ4v) is 2.80. The van der Waals surface area contributed by atoms with Crippen LogP contribution in [0.25, 0.3) is 0 Å². The van der Waals surface area contributed by atoms with Crippen molar-refractivity contribution >= 4 is 15.9 Å². The molecular formula is C15H22BrN. The minimum Gasteiger partial charge on any atom is -0.299 e. The highest BCUT2D eigenvalue weighted by molar-refractivity contribution is 9.10. The van der Waals surface area contributed by atoms with Crippen molar-refractivity contribution in [3.05, 3.63) is 34.3 Å². The van der Waals surface area contributed by atoms with E-state index in [1.54, 1.807) is 0 Å². The van der Waals surface area contributed by atoms with Crippen LogP contribution >= 0.6 is 15.9 Å². The topological polar surface area (TPSA) is 3.24 Å². The van der Waals surface area contributed by atoms with Gasteiger partial charge in [0.05, 0.1) is 0 Å². The van der Waals surface area contributed by atoms with Gasteiger partial charge in [-0.15, -0.1) is 0 Å². The maximum Gasteiger partial charge on any atom is 0.0233 e. The van der Waals surface area contributed by atoms with Crippen molar-refractivity contribution in [3.63, 3.8) is 0 Å². The summed E-state index contributed by atoms with van der Waals surface area (Å²) < 4.78 is 1.16. The molecule has 0 bridgehead atoms. The monoisotopic (exact) mass is 295 g/mol. The summed E-state index contributed by atoms with van der Waals surface area (Å²) in [6.45, 7) is 10.7. The smallest absolute Gasteiger partial charge is 0.0233 e. The van der Waals surface area contributed by atoms with Crippen molar-refractivity contribution in [2.24, 2.45) is 11.3 Å². The number of nitrogens with zero attached hydrogens (tertiary/aromatic N) is 1. The van der Waals surface area contributed by atoms with Crippen LogP contribution in [0.5, 0.6) is 0 Å². The molecule has 0 spiro atoms. The zero-order chi connectivity index (χ0) is 12.5. The van der Waals surface area contributed by atoms with Gasteiger partial charge >= 0.3 is 0 Å². The first-order chi connectivity index (χ1) is 7.95. The zero-order valence-electron chi connectivity index (χ0n) is 11.0. The third-order valence-corrected chi connectivity index (χ3v) is 4.35. The Hall–Kier alpha value is -0.340. The predicted molar refractivity (Wildman–Crippen MR) is 77.0 cm³/mol. The Morgan fingerprint density at radius 2 is 1.88 bits per heavy atom. The van der Waals surface area contributed by atoms with E-state index >= 15 is 0 Å². The fourth-order valence-electron chi connectivity index (χ4n) is 2.53. The highest BCUT2D eigenvalue weighted by atomic mass is 79.9. The van der Waals surface area contributed by atoms with Crippen molar-refractivity contribution < 1.29 is 0 Å². The average Bonchev–Trinajstić information content (AvgIpc) is 2.69. The second kappa shape index (κ2) is 5.11. The molecule has 0 saturated carbocycles. The van der Waals surface area contributed by atoms with Crippen LogP contribution in [0.15, 0.2) is 28.7 Å². The van der Waals surface area contributed by atoms with E-state index in [0.29, 0.717) is 5.41 Å². The molecule has 2 heteroatoms. The second-order valence-corrected chi connectivity index (χ2v) is 7.13. The molecule has 1 heterocycles. The SMILES string of the molecule is CC(C)(C)C1CCN(Cc2ccc(Br)cc2)C1. The fraction of sp³-hybridized carbons (Fsp3) is 0.600. The second-order valence-electron chi connectivity index (χ2n) is 6.21. The molecule has 94 valence electrons. The molecule has 0 aromatic heterocycles. The summed E-state index contributed by atoms with van der Waals surface area (Å²) in [5, 5.41) is 0. The van der Waals surface area contributed by atoms with Crippen molar-refractivity contribution in [1.29, 1.82) is 0 Å². The molecule has 1 fully saturated rings. The van der Waals surface area contributed by atoms with E-state index in [2.05, 4.69) is 65.9 Å². The molecule has 1 aromatic carbocycles. The Bertz CT molecular complexity index is 364. The molecule has 1 aliphatic rings. The first-order valence-electron chi connectivity index (χ1n) is 6.42. The normalized spacial score (nSPS) is 22.0. The summed E-state index contributed by atoms with van der Waals surface area (Å²) >= 11 is 3.48. The maximum atomic E-state index is 3.48.